The third-order valence-electron chi connectivity index (χ3n) is 4.19. The summed E-state index contributed by atoms with van der Waals surface area (Å²) in [6, 6.07) is 8.28. The van der Waals surface area contributed by atoms with Crippen LogP contribution in [0.25, 0.3) is 10.9 Å². The molecule has 3 rings (SSSR count). The molecular formula is C19H15F6N3. The topological polar surface area (TPSA) is 37.8 Å². The summed E-state index contributed by atoms with van der Waals surface area (Å²) in [5, 5.41) is 3.71. The third kappa shape index (κ3) is 4.35. The van der Waals surface area contributed by atoms with E-state index in [0.29, 0.717) is 22.8 Å². The van der Waals surface area contributed by atoms with Gasteiger partial charge in [0.05, 0.1) is 16.6 Å². The van der Waals surface area contributed by atoms with Gasteiger partial charge in [0.15, 0.2) is 0 Å². The van der Waals surface area contributed by atoms with Gasteiger partial charge in [-0.1, -0.05) is 18.2 Å². The number of para-hydroxylation sites is 1. The highest BCUT2D eigenvalue weighted by molar-refractivity contribution is 5.88. The molecule has 28 heavy (non-hydrogen) atoms. The van der Waals surface area contributed by atoms with Gasteiger partial charge in [0.1, 0.15) is 12.1 Å². The lowest BCUT2D eigenvalue weighted by molar-refractivity contribution is -0.143. The number of alkyl halides is 6. The zero-order valence-corrected chi connectivity index (χ0v) is 14.6. The minimum atomic E-state index is -4.89. The molecule has 1 N–H and O–H groups in total. The lowest BCUT2D eigenvalue weighted by atomic mass is 9.97. The summed E-state index contributed by atoms with van der Waals surface area (Å²) in [6.07, 6.45) is -8.54. The molecule has 0 aliphatic heterocycles. The Labute approximate surface area is 156 Å². The standard InChI is InChI=1S/C19H15F6N3/c1-11(28-17-14-4-2-3-5-16(14)26-10-27-17)8-12-6-7-13(18(20,21)22)9-15(12)19(23,24)25/h2-7,9-11H,8H2,1H3,(H,26,27,28). The van der Waals surface area contributed by atoms with E-state index in [2.05, 4.69) is 15.3 Å². The van der Waals surface area contributed by atoms with Gasteiger partial charge < -0.3 is 5.32 Å². The smallest absolute Gasteiger partial charge is 0.367 e. The highest BCUT2D eigenvalue weighted by Gasteiger charge is 2.38. The molecule has 0 saturated heterocycles. The van der Waals surface area contributed by atoms with Crippen molar-refractivity contribution in [1.29, 1.82) is 0 Å². The van der Waals surface area contributed by atoms with Crippen molar-refractivity contribution >= 4 is 16.7 Å². The lowest BCUT2D eigenvalue weighted by Crippen LogP contribution is -2.22. The van der Waals surface area contributed by atoms with E-state index in [1.54, 1.807) is 31.2 Å². The number of rotatable bonds is 4. The van der Waals surface area contributed by atoms with Crippen LogP contribution in [0.4, 0.5) is 32.2 Å². The summed E-state index contributed by atoms with van der Waals surface area (Å²) in [4.78, 5) is 8.22. The van der Waals surface area contributed by atoms with Crippen molar-refractivity contribution in [3.05, 3.63) is 65.5 Å². The Morgan fingerprint density at radius 3 is 2.32 bits per heavy atom. The number of aromatic nitrogens is 2. The first-order valence-corrected chi connectivity index (χ1v) is 8.29. The Kier molecular flexibility index (Phi) is 5.18. The molecule has 0 radical (unpaired) electrons. The summed E-state index contributed by atoms with van der Waals surface area (Å²) in [7, 11) is 0. The average Bonchev–Trinajstić information content (AvgIpc) is 2.60. The zero-order valence-electron chi connectivity index (χ0n) is 14.6. The second-order valence-corrected chi connectivity index (χ2v) is 6.36. The van der Waals surface area contributed by atoms with Crippen LogP contribution in [0.15, 0.2) is 48.8 Å². The number of halogens is 6. The van der Waals surface area contributed by atoms with Crippen LogP contribution in [0.2, 0.25) is 0 Å². The lowest BCUT2D eigenvalue weighted by Gasteiger charge is -2.20. The highest BCUT2D eigenvalue weighted by Crippen LogP contribution is 2.37. The van der Waals surface area contributed by atoms with Crippen LogP contribution in [0, 0.1) is 0 Å². The van der Waals surface area contributed by atoms with E-state index >= 15 is 0 Å². The molecule has 9 heteroatoms. The molecule has 1 heterocycles. The summed E-state index contributed by atoms with van der Waals surface area (Å²) >= 11 is 0. The van der Waals surface area contributed by atoms with E-state index in [4.69, 9.17) is 0 Å². The first kappa shape index (κ1) is 19.9. The quantitative estimate of drug-likeness (QED) is 0.571. The minimum absolute atomic E-state index is 0.134. The maximum atomic E-state index is 13.3. The molecule has 1 unspecified atom stereocenters. The molecule has 3 aromatic rings. The molecule has 0 aliphatic rings. The molecule has 1 aromatic heterocycles. The zero-order chi connectivity index (χ0) is 20.5. The Morgan fingerprint density at radius 2 is 1.64 bits per heavy atom. The van der Waals surface area contributed by atoms with E-state index in [0.717, 1.165) is 6.07 Å². The van der Waals surface area contributed by atoms with Crippen LogP contribution in [-0.4, -0.2) is 16.0 Å². The highest BCUT2D eigenvalue weighted by atomic mass is 19.4. The van der Waals surface area contributed by atoms with E-state index in [1.807, 2.05) is 0 Å². The normalized spacial score (nSPS) is 13.5. The van der Waals surface area contributed by atoms with Crippen molar-refractivity contribution < 1.29 is 26.3 Å². The number of fused-ring (bicyclic) bond motifs is 1. The number of hydrogen-bond acceptors (Lipinski definition) is 3. The SMILES string of the molecule is CC(Cc1ccc(C(F)(F)F)cc1C(F)(F)F)Nc1ncnc2ccccc12. The van der Waals surface area contributed by atoms with Crippen molar-refractivity contribution in [3.8, 4) is 0 Å². The van der Waals surface area contributed by atoms with Gasteiger partial charge in [-0.3, -0.25) is 0 Å². The van der Waals surface area contributed by atoms with Gasteiger partial charge >= 0.3 is 12.4 Å². The van der Waals surface area contributed by atoms with Crippen molar-refractivity contribution in [2.24, 2.45) is 0 Å². The molecule has 3 nitrogen and oxygen atoms in total. The Morgan fingerprint density at radius 1 is 0.929 bits per heavy atom. The van der Waals surface area contributed by atoms with Gasteiger partial charge in [0.2, 0.25) is 0 Å². The second-order valence-electron chi connectivity index (χ2n) is 6.36. The van der Waals surface area contributed by atoms with Gasteiger partial charge in [-0.05, 0) is 43.2 Å². The van der Waals surface area contributed by atoms with Crippen LogP contribution >= 0.6 is 0 Å². The van der Waals surface area contributed by atoms with Crippen molar-refractivity contribution in [2.45, 2.75) is 31.7 Å². The Balaban J connectivity index is 1.88. The van der Waals surface area contributed by atoms with Gasteiger partial charge in [-0.15, -0.1) is 0 Å². The monoisotopic (exact) mass is 399 g/mol. The van der Waals surface area contributed by atoms with Crippen LogP contribution in [-0.2, 0) is 18.8 Å². The second kappa shape index (κ2) is 7.29. The largest absolute Gasteiger partial charge is 0.416 e. The molecular weight excluding hydrogens is 384 g/mol. The molecule has 0 aliphatic carbocycles. The number of hydrogen-bond donors (Lipinski definition) is 1. The Hall–Kier alpha value is -2.84. The summed E-state index contributed by atoms with van der Waals surface area (Å²) in [5.41, 5.74) is -2.17. The third-order valence-corrected chi connectivity index (χ3v) is 4.19. The Bertz CT molecular complexity index is 976. The fourth-order valence-electron chi connectivity index (χ4n) is 2.93. The summed E-state index contributed by atoms with van der Waals surface area (Å²) in [5.74, 6) is 0.443. The predicted molar refractivity (Wildman–Crippen MR) is 92.8 cm³/mol. The van der Waals surface area contributed by atoms with Crippen LogP contribution in [0.1, 0.15) is 23.6 Å². The molecule has 0 bridgehead atoms. The van der Waals surface area contributed by atoms with Gasteiger partial charge in [0, 0.05) is 11.4 Å². The van der Waals surface area contributed by atoms with Crippen LogP contribution in [0.5, 0.6) is 0 Å². The molecule has 0 spiro atoms. The molecule has 1 atom stereocenters. The van der Waals surface area contributed by atoms with Gasteiger partial charge in [0.25, 0.3) is 0 Å². The van der Waals surface area contributed by atoms with Crippen molar-refractivity contribution in [3.63, 3.8) is 0 Å². The summed E-state index contributed by atoms with van der Waals surface area (Å²) in [6.45, 7) is 1.63. The van der Waals surface area contributed by atoms with E-state index in [1.165, 1.54) is 6.33 Å². The molecule has 0 amide bonds. The van der Waals surface area contributed by atoms with Crippen LogP contribution < -0.4 is 5.32 Å². The fourth-order valence-corrected chi connectivity index (χ4v) is 2.93. The number of benzene rings is 2. The minimum Gasteiger partial charge on any atom is -0.367 e. The fraction of sp³-hybridized carbons (Fsp3) is 0.263. The number of nitrogens with one attached hydrogen (secondary N) is 1. The van der Waals surface area contributed by atoms with E-state index in [-0.39, 0.29) is 18.1 Å². The summed E-state index contributed by atoms with van der Waals surface area (Å²) < 4.78 is 78.3. The maximum absolute atomic E-state index is 13.3. The van der Waals surface area contributed by atoms with E-state index in [9.17, 15) is 26.3 Å². The molecule has 0 fully saturated rings. The molecule has 148 valence electrons. The maximum Gasteiger partial charge on any atom is 0.416 e. The number of nitrogens with zero attached hydrogens (tertiary/aromatic N) is 2. The molecule has 0 saturated carbocycles. The average molecular weight is 399 g/mol. The molecule has 2 aromatic carbocycles. The number of anilines is 1. The van der Waals surface area contributed by atoms with Crippen LogP contribution in [0.3, 0.4) is 0 Å². The van der Waals surface area contributed by atoms with Gasteiger partial charge in [-0.2, -0.15) is 26.3 Å². The van der Waals surface area contributed by atoms with Crippen molar-refractivity contribution in [2.75, 3.05) is 5.32 Å². The first-order chi connectivity index (χ1) is 13.1. The predicted octanol–water partition coefficient (Wildman–Crippen LogP) is 5.71. The first-order valence-electron chi connectivity index (χ1n) is 8.29. The van der Waals surface area contributed by atoms with E-state index < -0.39 is 29.5 Å². The van der Waals surface area contributed by atoms with Crippen molar-refractivity contribution in [1.82, 2.24) is 9.97 Å². The van der Waals surface area contributed by atoms with Gasteiger partial charge in [-0.25, -0.2) is 9.97 Å².